The predicted octanol–water partition coefficient (Wildman–Crippen LogP) is 3.49. The molecule has 3 aromatic rings. The number of H-pyrrole nitrogens is 1. The lowest BCUT2D eigenvalue weighted by molar-refractivity contribution is 0.0953. The Bertz CT molecular complexity index is 820. The van der Waals surface area contributed by atoms with Crippen molar-refractivity contribution in [2.75, 3.05) is 13.2 Å². The Morgan fingerprint density at radius 2 is 2.00 bits per heavy atom. The van der Waals surface area contributed by atoms with E-state index in [0.29, 0.717) is 18.7 Å². The van der Waals surface area contributed by atoms with Crippen molar-refractivity contribution in [1.29, 1.82) is 0 Å². The van der Waals surface area contributed by atoms with Crippen LogP contribution in [0.25, 0.3) is 11.0 Å². The summed E-state index contributed by atoms with van der Waals surface area (Å²) in [6.45, 7) is 4.66. The van der Waals surface area contributed by atoms with E-state index >= 15 is 0 Å². The SMILES string of the molecule is C=CCOc1ccc(C(=O)NCCCc2nc3ccccc3[nH]2)cc1. The van der Waals surface area contributed by atoms with Crippen molar-refractivity contribution in [3.63, 3.8) is 0 Å². The van der Waals surface area contributed by atoms with E-state index in [-0.39, 0.29) is 5.91 Å². The van der Waals surface area contributed by atoms with Crippen LogP contribution in [0.4, 0.5) is 0 Å². The van der Waals surface area contributed by atoms with Crippen LogP contribution in [-0.2, 0) is 6.42 Å². The van der Waals surface area contributed by atoms with E-state index in [1.54, 1.807) is 30.3 Å². The molecule has 5 nitrogen and oxygen atoms in total. The second-order valence-corrected chi connectivity index (χ2v) is 5.68. The zero-order valence-corrected chi connectivity index (χ0v) is 14.0. The van der Waals surface area contributed by atoms with Crippen molar-refractivity contribution in [2.24, 2.45) is 0 Å². The third-order valence-corrected chi connectivity index (χ3v) is 3.80. The molecule has 0 saturated carbocycles. The molecule has 128 valence electrons. The number of amides is 1. The molecule has 0 unspecified atom stereocenters. The minimum atomic E-state index is -0.0834. The van der Waals surface area contributed by atoms with Crippen molar-refractivity contribution in [1.82, 2.24) is 15.3 Å². The van der Waals surface area contributed by atoms with Crippen LogP contribution in [0.2, 0.25) is 0 Å². The first-order valence-corrected chi connectivity index (χ1v) is 8.32. The van der Waals surface area contributed by atoms with Crippen LogP contribution in [0, 0.1) is 0 Å². The van der Waals surface area contributed by atoms with Crippen molar-refractivity contribution in [3.8, 4) is 5.75 Å². The second-order valence-electron chi connectivity index (χ2n) is 5.68. The van der Waals surface area contributed by atoms with Gasteiger partial charge in [-0.05, 0) is 42.8 Å². The number of hydrogen-bond donors (Lipinski definition) is 2. The lowest BCUT2D eigenvalue weighted by atomic mass is 10.2. The van der Waals surface area contributed by atoms with E-state index in [9.17, 15) is 4.79 Å². The topological polar surface area (TPSA) is 67.0 Å². The second kappa shape index (κ2) is 8.15. The van der Waals surface area contributed by atoms with Crippen LogP contribution in [0.15, 0.2) is 61.2 Å². The zero-order chi connectivity index (χ0) is 17.5. The quantitative estimate of drug-likeness (QED) is 0.489. The van der Waals surface area contributed by atoms with Gasteiger partial charge in [-0.1, -0.05) is 24.8 Å². The summed E-state index contributed by atoms with van der Waals surface area (Å²) in [4.78, 5) is 20.0. The summed E-state index contributed by atoms with van der Waals surface area (Å²) in [7, 11) is 0. The molecule has 0 saturated heterocycles. The van der Waals surface area contributed by atoms with Gasteiger partial charge in [0, 0.05) is 18.5 Å². The third-order valence-electron chi connectivity index (χ3n) is 3.80. The maximum absolute atomic E-state index is 12.1. The Hall–Kier alpha value is -3.08. The average Bonchev–Trinajstić information content (AvgIpc) is 3.06. The maximum atomic E-state index is 12.1. The summed E-state index contributed by atoms with van der Waals surface area (Å²) in [5, 5.41) is 2.93. The first-order valence-electron chi connectivity index (χ1n) is 8.32. The van der Waals surface area contributed by atoms with Crippen LogP contribution in [-0.4, -0.2) is 29.0 Å². The van der Waals surface area contributed by atoms with Crippen molar-refractivity contribution in [3.05, 3.63) is 72.6 Å². The molecule has 1 aromatic heterocycles. The number of aryl methyl sites for hydroxylation is 1. The number of fused-ring (bicyclic) bond motifs is 1. The molecule has 0 aliphatic rings. The van der Waals surface area contributed by atoms with E-state index in [4.69, 9.17) is 4.74 Å². The Balaban J connectivity index is 1.45. The number of carbonyl (C=O) groups excluding carboxylic acids is 1. The number of para-hydroxylation sites is 2. The van der Waals surface area contributed by atoms with Crippen LogP contribution in [0.5, 0.6) is 5.75 Å². The highest BCUT2D eigenvalue weighted by molar-refractivity contribution is 5.94. The Morgan fingerprint density at radius 3 is 2.76 bits per heavy atom. The third kappa shape index (κ3) is 4.47. The van der Waals surface area contributed by atoms with Gasteiger partial charge < -0.3 is 15.0 Å². The zero-order valence-electron chi connectivity index (χ0n) is 14.0. The molecule has 1 heterocycles. The summed E-state index contributed by atoms with van der Waals surface area (Å²) >= 11 is 0. The minimum absolute atomic E-state index is 0.0834. The predicted molar refractivity (Wildman–Crippen MR) is 98.9 cm³/mol. The van der Waals surface area contributed by atoms with Gasteiger partial charge in [-0.2, -0.15) is 0 Å². The largest absolute Gasteiger partial charge is 0.490 e. The minimum Gasteiger partial charge on any atom is -0.490 e. The van der Waals surface area contributed by atoms with Crippen molar-refractivity contribution >= 4 is 16.9 Å². The number of rotatable bonds is 8. The molecule has 1 amide bonds. The van der Waals surface area contributed by atoms with E-state index in [1.165, 1.54) is 0 Å². The number of carbonyl (C=O) groups is 1. The molecular formula is C20H21N3O2. The number of ether oxygens (including phenoxy) is 1. The number of imidazole rings is 1. The van der Waals surface area contributed by atoms with Gasteiger partial charge in [0.05, 0.1) is 11.0 Å². The Morgan fingerprint density at radius 1 is 1.20 bits per heavy atom. The monoisotopic (exact) mass is 335 g/mol. The summed E-state index contributed by atoms with van der Waals surface area (Å²) in [5.74, 6) is 1.58. The van der Waals surface area contributed by atoms with Crippen LogP contribution < -0.4 is 10.1 Å². The number of benzene rings is 2. The van der Waals surface area contributed by atoms with Gasteiger partial charge in [0.25, 0.3) is 5.91 Å². The molecule has 0 spiro atoms. The van der Waals surface area contributed by atoms with Gasteiger partial charge in [-0.15, -0.1) is 0 Å². The van der Waals surface area contributed by atoms with Crippen LogP contribution >= 0.6 is 0 Å². The van der Waals surface area contributed by atoms with E-state index in [0.717, 1.165) is 35.4 Å². The number of nitrogens with one attached hydrogen (secondary N) is 2. The summed E-state index contributed by atoms with van der Waals surface area (Å²) in [6.07, 6.45) is 3.30. The Labute approximate surface area is 146 Å². The van der Waals surface area contributed by atoms with Gasteiger partial charge in [0.15, 0.2) is 0 Å². The molecule has 0 atom stereocenters. The lowest BCUT2D eigenvalue weighted by Gasteiger charge is -2.06. The summed E-state index contributed by atoms with van der Waals surface area (Å²) in [6, 6.07) is 15.0. The Kier molecular flexibility index (Phi) is 5.46. The molecule has 5 heteroatoms. The highest BCUT2D eigenvalue weighted by Gasteiger charge is 2.06. The molecule has 3 rings (SSSR count). The van der Waals surface area contributed by atoms with Crippen molar-refractivity contribution < 1.29 is 9.53 Å². The fraction of sp³-hybridized carbons (Fsp3) is 0.200. The number of aromatic nitrogens is 2. The summed E-state index contributed by atoms with van der Waals surface area (Å²) < 4.78 is 5.40. The molecule has 25 heavy (non-hydrogen) atoms. The maximum Gasteiger partial charge on any atom is 0.251 e. The fourth-order valence-corrected chi connectivity index (χ4v) is 2.54. The van der Waals surface area contributed by atoms with Crippen molar-refractivity contribution in [2.45, 2.75) is 12.8 Å². The lowest BCUT2D eigenvalue weighted by Crippen LogP contribution is -2.24. The van der Waals surface area contributed by atoms with Gasteiger partial charge in [0.2, 0.25) is 0 Å². The molecule has 2 aromatic carbocycles. The number of nitrogens with zero attached hydrogens (tertiary/aromatic N) is 1. The van der Waals surface area contributed by atoms with Crippen LogP contribution in [0.1, 0.15) is 22.6 Å². The van der Waals surface area contributed by atoms with Gasteiger partial charge in [-0.25, -0.2) is 4.98 Å². The van der Waals surface area contributed by atoms with Gasteiger partial charge >= 0.3 is 0 Å². The number of aromatic amines is 1. The van der Waals surface area contributed by atoms with E-state index in [1.807, 2.05) is 24.3 Å². The smallest absolute Gasteiger partial charge is 0.251 e. The molecule has 0 aliphatic heterocycles. The van der Waals surface area contributed by atoms with Gasteiger partial charge in [-0.3, -0.25) is 4.79 Å². The normalized spacial score (nSPS) is 10.6. The van der Waals surface area contributed by atoms with E-state index < -0.39 is 0 Å². The molecule has 0 fully saturated rings. The molecular weight excluding hydrogens is 314 g/mol. The molecule has 0 radical (unpaired) electrons. The highest BCUT2D eigenvalue weighted by Crippen LogP contribution is 2.13. The fourth-order valence-electron chi connectivity index (χ4n) is 2.54. The van der Waals surface area contributed by atoms with Crippen LogP contribution in [0.3, 0.4) is 0 Å². The molecule has 0 aliphatic carbocycles. The average molecular weight is 335 g/mol. The summed E-state index contributed by atoms with van der Waals surface area (Å²) in [5.41, 5.74) is 2.63. The number of hydrogen-bond acceptors (Lipinski definition) is 3. The highest BCUT2D eigenvalue weighted by atomic mass is 16.5. The first-order chi connectivity index (χ1) is 12.3. The van der Waals surface area contributed by atoms with Gasteiger partial charge in [0.1, 0.15) is 18.2 Å². The molecule has 2 N–H and O–H groups in total. The standard InChI is InChI=1S/C20H21N3O2/c1-2-14-25-16-11-9-15(10-12-16)20(24)21-13-5-8-19-22-17-6-3-4-7-18(17)23-19/h2-4,6-7,9-12H,1,5,8,13-14H2,(H,21,24)(H,22,23). The molecule has 0 bridgehead atoms. The first kappa shape index (κ1) is 16.8. The van der Waals surface area contributed by atoms with E-state index in [2.05, 4.69) is 21.9 Å².